The third-order valence-corrected chi connectivity index (χ3v) is 8.07. The second kappa shape index (κ2) is 12.4. The van der Waals surface area contributed by atoms with Gasteiger partial charge in [0.25, 0.3) is 5.91 Å². The fourth-order valence-corrected chi connectivity index (χ4v) is 5.35. The van der Waals surface area contributed by atoms with Crippen LogP contribution in [-0.2, 0) is 4.79 Å². The molecule has 4 rings (SSSR count). The standard InChI is InChI=1S/C29H38F2N4O4/c1-3-29(31,4-2)18-34-11-9-19(10-12-34)17-39-22-6-8-25(33-15-22)20-5-7-23(24(30)13-20)28(38)35-16-21(36)14-26(35)27(32)37/h5-8,13,15,19,21,26,36H,3-4,9-12,14,16-18H2,1-2H3,(H2,32,37). The molecule has 2 aliphatic rings. The SMILES string of the molecule is CCC(F)(CC)CN1CCC(COc2ccc(-c3ccc(C(=O)N4CC(O)CC4C(N)=O)c(F)c3)nc2)CC1. The van der Waals surface area contributed by atoms with E-state index in [9.17, 15) is 23.5 Å². The van der Waals surface area contributed by atoms with E-state index in [0.29, 0.717) is 48.9 Å². The Morgan fingerprint density at radius 3 is 2.49 bits per heavy atom. The number of nitrogens with zero attached hydrogens (tertiary/aromatic N) is 3. The van der Waals surface area contributed by atoms with Gasteiger partial charge in [0.05, 0.1) is 30.2 Å². The van der Waals surface area contributed by atoms with Crippen LogP contribution in [0.3, 0.4) is 0 Å². The molecule has 0 spiro atoms. The van der Waals surface area contributed by atoms with Crippen molar-refractivity contribution in [2.75, 3.05) is 32.8 Å². The third kappa shape index (κ3) is 6.91. The van der Waals surface area contributed by atoms with Crippen LogP contribution in [0.15, 0.2) is 36.5 Å². The number of alkyl halides is 1. The molecule has 2 amide bonds. The van der Waals surface area contributed by atoms with Gasteiger partial charge in [0.2, 0.25) is 5.91 Å². The molecule has 8 nitrogen and oxygen atoms in total. The van der Waals surface area contributed by atoms with Crippen molar-refractivity contribution < 1.29 is 28.2 Å². The smallest absolute Gasteiger partial charge is 0.257 e. The highest BCUT2D eigenvalue weighted by Crippen LogP contribution is 2.28. The highest BCUT2D eigenvalue weighted by atomic mass is 19.1. The molecule has 2 saturated heterocycles. The molecular formula is C29H38F2N4O4. The van der Waals surface area contributed by atoms with Gasteiger partial charge in [-0.1, -0.05) is 19.9 Å². The molecule has 0 radical (unpaired) electrons. The number of benzene rings is 1. The van der Waals surface area contributed by atoms with Crippen molar-refractivity contribution in [3.63, 3.8) is 0 Å². The molecule has 0 aliphatic carbocycles. The Morgan fingerprint density at radius 2 is 1.90 bits per heavy atom. The molecule has 2 fully saturated rings. The van der Waals surface area contributed by atoms with Crippen molar-refractivity contribution in [2.24, 2.45) is 11.7 Å². The van der Waals surface area contributed by atoms with Crippen LogP contribution in [0.5, 0.6) is 5.75 Å². The van der Waals surface area contributed by atoms with Crippen molar-refractivity contribution in [1.82, 2.24) is 14.8 Å². The number of carbonyl (C=O) groups is 2. The van der Waals surface area contributed by atoms with Gasteiger partial charge in [0.1, 0.15) is 23.3 Å². The Bertz CT molecular complexity index is 1150. The lowest BCUT2D eigenvalue weighted by molar-refractivity contribution is -0.121. The number of halogens is 2. The minimum absolute atomic E-state index is 0.0377. The van der Waals surface area contributed by atoms with Crippen molar-refractivity contribution in [1.29, 1.82) is 0 Å². The van der Waals surface area contributed by atoms with Crippen LogP contribution in [0.1, 0.15) is 56.3 Å². The van der Waals surface area contributed by atoms with Crippen molar-refractivity contribution in [3.05, 3.63) is 47.9 Å². The number of hydrogen-bond donors (Lipinski definition) is 2. The van der Waals surface area contributed by atoms with E-state index in [4.69, 9.17) is 10.5 Å². The van der Waals surface area contributed by atoms with E-state index >= 15 is 0 Å². The summed E-state index contributed by atoms with van der Waals surface area (Å²) in [6, 6.07) is 6.69. The zero-order chi connectivity index (χ0) is 28.2. The number of pyridine rings is 1. The summed E-state index contributed by atoms with van der Waals surface area (Å²) in [6.07, 6.45) is 3.72. The average molecular weight is 545 g/mol. The number of rotatable bonds is 10. The highest BCUT2D eigenvalue weighted by Gasteiger charge is 2.39. The fraction of sp³-hybridized carbons (Fsp3) is 0.552. The Labute approximate surface area is 228 Å². The van der Waals surface area contributed by atoms with Crippen molar-refractivity contribution in [2.45, 2.75) is 63.8 Å². The van der Waals surface area contributed by atoms with E-state index in [2.05, 4.69) is 9.88 Å². The molecule has 1 aromatic carbocycles. The summed E-state index contributed by atoms with van der Waals surface area (Å²) >= 11 is 0. The number of likely N-dealkylation sites (tertiary alicyclic amines) is 2. The van der Waals surface area contributed by atoms with Gasteiger partial charge < -0.3 is 25.4 Å². The summed E-state index contributed by atoms with van der Waals surface area (Å²) in [5.74, 6) is -1.18. The lowest BCUT2D eigenvalue weighted by Crippen LogP contribution is -2.44. The molecule has 3 heterocycles. The van der Waals surface area contributed by atoms with E-state index in [1.165, 1.54) is 12.1 Å². The van der Waals surface area contributed by atoms with Crippen LogP contribution in [0.2, 0.25) is 0 Å². The Balaban J connectivity index is 1.31. The molecule has 2 aromatic rings. The first-order chi connectivity index (χ1) is 18.6. The Kier molecular flexibility index (Phi) is 9.17. The number of aromatic nitrogens is 1. The van der Waals surface area contributed by atoms with E-state index in [0.717, 1.165) is 30.8 Å². The number of aliphatic hydroxyl groups excluding tert-OH is 1. The fourth-order valence-electron chi connectivity index (χ4n) is 5.35. The zero-order valence-corrected chi connectivity index (χ0v) is 22.6. The van der Waals surface area contributed by atoms with Gasteiger partial charge in [-0.25, -0.2) is 8.78 Å². The average Bonchev–Trinajstić information content (AvgIpc) is 3.34. The van der Waals surface area contributed by atoms with Gasteiger partial charge >= 0.3 is 0 Å². The topological polar surface area (TPSA) is 109 Å². The number of piperidine rings is 1. The quantitative estimate of drug-likeness (QED) is 0.474. The molecule has 2 atom stereocenters. The summed E-state index contributed by atoms with van der Waals surface area (Å²) in [5.41, 5.74) is 5.03. The lowest BCUT2D eigenvalue weighted by atomic mass is 9.94. The summed E-state index contributed by atoms with van der Waals surface area (Å²) in [7, 11) is 0. The molecule has 0 bridgehead atoms. The second-order valence-corrected chi connectivity index (χ2v) is 10.7. The second-order valence-electron chi connectivity index (χ2n) is 10.7. The summed E-state index contributed by atoms with van der Waals surface area (Å²) in [6.45, 7) is 6.50. The number of amides is 2. The maximum absolute atomic E-state index is 14.9. The number of hydrogen-bond acceptors (Lipinski definition) is 6. The molecule has 2 aliphatic heterocycles. The van der Waals surface area contributed by atoms with Gasteiger partial charge in [0.15, 0.2) is 0 Å². The van der Waals surface area contributed by atoms with Crippen LogP contribution in [0, 0.1) is 11.7 Å². The highest BCUT2D eigenvalue weighted by molar-refractivity contribution is 5.98. The number of primary amides is 1. The number of ether oxygens (including phenoxy) is 1. The van der Waals surface area contributed by atoms with Gasteiger partial charge in [0, 0.05) is 25.1 Å². The first kappa shape index (κ1) is 28.9. The van der Waals surface area contributed by atoms with Crippen molar-refractivity contribution >= 4 is 11.8 Å². The minimum atomic E-state index is -1.11. The van der Waals surface area contributed by atoms with Crippen LogP contribution < -0.4 is 10.5 Å². The predicted octanol–water partition coefficient (Wildman–Crippen LogP) is 3.57. The molecule has 39 heavy (non-hydrogen) atoms. The largest absolute Gasteiger partial charge is 0.492 e. The van der Waals surface area contributed by atoms with Gasteiger partial charge in [-0.2, -0.15) is 0 Å². The lowest BCUT2D eigenvalue weighted by Gasteiger charge is -2.36. The van der Waals surface area contributed by atoms with E-state index in [1.807, 2.05) is 13.8 Å². The molecule has 3 N–H and O–H groups in total. The first-order valence-electron chi connectivity index (χ1n) is 13.7. The predicted molar refractivity (Wildman–Crippen MR) is 143 cm³/mol. The molecule has 10 heteroatoms. The summed E-state index contributed by atoms with van der Waals surface area (Å²) in [5, 5.41) is 9.85. The maximum atomic E-state index is 14.9. The minimum Gasteiger partial charge on any atom is -0.492 e. The van der Waals surface area contributed by atoms with Crippen LogP contribution >= 0.6 is 0 Å². The summed E-state index contributed by atoms with van der Waals surface area (Å²) in [4.78, 5) is 32.2. The molecular weight excluding hydrogens is 506 g/mol. The number of aliphatic hydroxyl groups is 1. The van der Waals surface area contributed by atoms with E-state index < -0.39 is 35.4 Å². The monoisotopic (exact) mass is 544 g/mol. The van der Waals surface area contributed by atoms with Gasteiger partial charge in [-0.05, 0) is 69.0 Å². The van der Waals surface area contributed by atoms with E-state index in [1.54, 1.807) is 24.4 Å². The molecule has 212 valence electrons. The zero-order valence-electron chi connectivity index (χ0n) is 22.6. The molecule has 0 saturated carbocycles. The van der Waals surface area contributed by atoms with Crippen molar-refractivity contribution in [3.8, 4) is 17.0 Å². The van der Waals surface area contributed by atoms with Crippen LogP contribution in [0.4, 0.5) is 8.78 Å². The van der Waals surface area contributed by atoms with Gasteiger partial charge in [-0.15, -0.1) is 0 Å². The molecule has 2 unspecified atom stereocenters. The normalized spacial score (nSPS) is 20.8. The number of β-amino-alcohol motifs (C(OH)–C–C–N with tert-alkyl or cyclic N) is 1. The number of carbonyl (C=O) groups excluding carboxylic acids is 2. The van der Waals surface area contributed by atoms with Crippen LogP contribution in [-0.4, -0.2) is 82.3 Å². The summed E-state index contributed by atoms with van der Waals surface area (Å²) < 4.78 is 35.6. The van der Waals surface area contributed by atoms with E-state index in [-0.39, 0.29) is 18.5 Å². The molecule has 1 aromatic heterocycles. The van der Waals surface area contributed by atoms with Crippen LogP contribution in [0.25, 0.3) is 11.3 Å². The van der Waals surface area contributed by atoms with Gasteiger partial charge in [-0.3, -0.25) is 14.6 Å². The third-order valence-electron chi connectivity index (χ3n) is 8.07. The maximum Gasteiger partial charge on any atom is 0.257 e. The first-order valence-corrected chi connectivity index (χ1v) is 13.7. The Hall–Kier alpha value is -3.11. The number of nitrogens with two attached hydrogens (primary N) is 1. The Morgan fingerprint density at radius 1 is 1.18 bits per heavy atom.